The standard InChI is InChI=1S/C14H30N4O4/c1-13(2,3)21-11(19)15-7-9-17-18-10-8-16-12(20)22-14(4,5)6/h17-18H,7-10H2,1-6H3,(H,15,19)(H,16,20). The largest absolute Gasteiger partial charge is 0.444 e. The fourth-order valence-corrected chi connectivity index (χ4v) is 1.26. The van der Waals surface area contributed by atoms with E-state index in [1.165, 1.54) is 0 Å². The minimum atomic E-state index is -0.497. The highest BCUT2D eigenvalue weighted by Gasteiger charge is 2.16. The molecular weight excluding hydrogens is 288 g/mol. The van der Waals surface area contributed by atoms with Gasteiger partial charge in [0.15, 0.2) is 0 Å². The molecule has 0 bridgehead atoms. The molecule has 0 aliphatic carbocycles. The molecule has 0 aromatic carbocycles. The molecule has 4 N–H and O–H groups in total. The number of ether oxygens (including phenoxy) is 2. The van der Waals surface area contributed by atoms with Gasteiger partial charge in [0, 0.05) is 26.2 Å². The van der Waals surface area contributed by atoms with Crippen molar-refractivity contribution >= 4 is 12.2 Å². The summed E-state index contributed by atoms with van der Waals surface area (Å²) in [4.78, 5) is 22.7. The topological polar surface area (TPSA) is 101 Å². The molecule has 0 spiro atoms. The number of hydrazine groups is 1. The predicted molar refractivity (Wildman–Crippen MR) is 84.5 cm³/mol. The SMILES string of the molecule is CC(C)(C)OC(=O)NCCNNCCNC(=O)OC(C)(C)C. The van der Waals surface area contributed by atoms with E-state index >= 15 is 0 Å². The van der Waals surface area contributed by atoms with Gasteiger partial charge in [-0.1, -0.05) is 0 Å². The normalized spacial score (nSPS) is 11.7. The average Bonchev–Trinajstić information content (AvgIpc) is 2.27. The lowest BCUT2D eigenvalue weighted by molar-refractivity contribution is 0.0514. The van der Waals surface area contributed by atoms with Gasteiger partial charge in [-0.2, -0.15) is 0 Å². The van der Waals surface area contributed by atoms with E-state index in [0.29, 0.717) is 26.2 Å². The molecule has 0 fully saturated rings. The molecule has 0 aromatic rings. The van der Waals surface area contributed by atoms with Crippen molar-refractivity contribution in [3.8, 4) is 0 Å². The second-order valence-electron chi connectivity index (χ2n) is 6.71. The number of carbonyl (C=O) groups excluding carboxylic acids is 2. The maximum absolute atomic E-state index is 11.3. The summed E-state index contributed by atoms with van der Waals surface area (Å²) in [5.41, 5.74) is 4.83. The van der Waals surface area contributed by atoms with Crippen LogP contribution in [0, 0.1) is 0 Å². The second kappa shape index (κ2) is 9.47. The van der Waals surface area contributed by atoms with Crippen molar-refractivity contribution in [3.05, 3.63) is 0 Å². The van der Waals surface area contributed by atoms with E-state index < -0.39 is 23.4 Å². The number of hydrogen-bond acceptors (Lipinski definition) is 6. The number of nitrogens with one attached hydrogen (secondary N) is 4. The zero-order valence-electron chi connectivity index (χ0n) is 14.5. The Labute approximate surface area is 132 Å². The van der Waals surface area contributed by atoms with Crippen LogP contribution in [0.25, 0.3) is 0 Å². The summed E-state index contributed by atoms with van der Waals surface area (Å²) in [6.07, 6.45) is -0.887. The summed E-state index contributed by atoms with van der Waals surface area (Å²) in [6, 6.07) is 0. The maximum atomic E-state index is 11.3. The number of alkyl carbamates (subject to hydrolysis) is 2. The van der Waals surface area contributed by atoms with Crippen molar-refractivity contribution in [1.82, 2.24) is 21.5 Å². The lowest BCUT2D eigenvalue weighted by Crippen LogP contribution is -2.43. The van der Waals surface area contributed by atoms with Crippen LogP contribution in [-0.2, 0) is 9.47 Å². The van der Waals surface area contributed by atoms with Crippen LogP contribution in [0.1, 0.15) is 41.5 Å². The molecule has 0 aliphatic rings. The van der Waals surface area contributed by atoms with Crippen LogP contribution >= 0.6 is 0 Å². The van der Waals surface area contributed by atoms with Gasteiger partial charge >= 0.3 is 12.2 Å². The number of hydrogen-bond donors (Lipinski definition) is 4. The van der Waals surface area contributed by atoms with E-state index in [1.54, 1.807) is 0 Å². The molecule has 0 heterocycles. The molecule has 0 aromatic heterocycles. The fraction of sp³-hybridized carbons (Fsp3) is 0.857. The first-order chi connectivity index (χ1) is 9.99. The van der Waals surface area contributed by atoms with Gasteiger partial charge in [-0.25, -0.2) is 9.59 Å². The highest BCUT2D eigenvalue weighted by atomic mass is 16.6. The maximum Gasteiger partial charge on any atom is 0.407 e. The Balaban J connectivity index is 3.45. The zero-order valence-corrected chi connectivity index (χ0v) is 14.5. The zero-order chi connectivity index (χ0) is 17.2. The Bertz CT molecular complexity index is 314. The van der Waals surface area contributed by atoms with E-state index in [2.05, 4.69) is 21.5 Å². The Morgan fingerprint density at radius 2 is 1.00 bits per heavy atom. The summed E-state index contributed by atoms with van der Waals surface area (Å²) in [7, 11) is 0. The Hall–Kier alpha value is -1.54. The third-order valence-electron chi connectivity index (χ3n) is 1.96. The van der Waals surface area contributed by atoms with Gasteiger partial charge in [0.25, 0.3) is 0 Å². The van der Waals surface area contributed by atoms with E-state index in [1.807, 2.05) is 41.5 Å². The molecule has 0 radical (unpaired) electrons. The van der Waals surface area contributed by atoms with Crippen molar-refractivity contribution in [2.24, 2.45) is 0 Å². The lowest BCUT2D eigenvalue weighted by Gasteiger charge is -2.20. The predicted octanol–water partition coefficient (Wildman–Crippen LogP) is 1.13. The number of amides is 2. The first-order valence-corrected chi connectivity index (χ1v) is 7.39. The third kappa shape index (κ3) is 14.9. The highest BCUT2D eigenvalue weighted by molar-refractivity contribution is 5.67. The van der Waals surface area contributed by atoms with Crippen molar-refractivity contribution in [2.75, 3.05) is 26.2 Å². The van der Waals surface area contributed by atoms with Gasteiger partial charge in [0.05, 0.1) is 0 Å². The van der Waals surface area contributed by atoms with E-state index in [9.17, 15) is 9.59 Å². The second-order valence-corrected chi connectivity index (χ2v) is 6.71. The minimum Gasteiger partial charge on any atom is -0.444 e. The third-order valence-corrected chi connectivity index (χ3v) is 1.96. The van der Waals surface area contributed by atoms with Crippen LogP contribution in [0.4, 0.5) is 9.59 Å². The van der Waals surface area contributed by atoms with Gasteiger partial charge in [-0.3, -0.25) is 10.9 Å². The molecule has 0 unspecified atom stereocenters. The summed E-state index contributed by atoms with van der Waals surface area (Å²) in [5, 5.41) is 5.24. The van der Waals surface area contributed by atoms with Gasteiger partial charge in [0.2, 0.25) is 0 Å². The molecule has 22 heavy (non-hydrogen) atoms. The average molecular weight is 318 g/mol. The molecule has 0 atom stereocenters. The summed E-state index contributed by atoms with van der Waals surface area (Å²) in [5.74, 6) is 0. The Morgan fingerprint density at radius 1 is 0.682 bits per heavy atom. The number of rotatable bonds is 7. The van der Waals surface area contributed by atoms with E-state index in [0.717, 1.165) is 0 Å². The summed E-state index contributed by atoms with van der Waals surface area (Å²) >= 11 is 0. The minimum absolute atomic E-state index is 0.432. The van der Waals surface area contributed by atoms with Crippen molar-refractivity contribution < 1.29 is 19.1 Å². The molecule has 130 valence electrons. The van der Waals surface area contributed by atoms with Crippen LogP contribution < -0.4 is 21.5 Å². The van der Waals surface area contributed by atoms with Gasteiger partial charge < -0.3 is 20.1 Å². The quantitative estimate of drug-likeness (QED) is 0.415. The van der Waals surface area contributed by atoms with Crippen molar-refractivity contribution in [1.29, 1.82) is 0 Å². The smallest absolute Gasteiger partial charge is 0.407 e. The summed E-state index contributed by atoms with van der Waals surface area (Å²) in [6.45, 7) is 12.8. The lowest BCUT2D eigenvalue weighted by atomic mass is 10.2. The van der Waals surface area contributed by atoms with E-state index in [-0.39, 0.29) is 0 Å². The first-order valence-electron chi connectivity index (χ1n) is 7.39. The molecule has 0 rings (SSSR count). The van der Waals surface area contributed by atoms with Crippen LogP contribution in [0.3, 0.4) is 0 Å². The molecule has 0 aliphatic heterocycles. The van der Waals surface area contributed by atoms with Crippen molar-refractivity contribution in [3.63, 3.8) is 0 Å². The molecular formula is C14H30N4O4. The van der Waals surface area contributed by atoms with Gasteiger partial charge in [-0.15, -0.1) is 0 Å². The van der Waals surface area contributed by atoms with E-state index in [4.69, 9.17) is 9.47 Å². The fourth-order valence-electron chi connectivity index (χ4n) is 1.26. The monoisotopic (exact) mass is 318 g/mol. The Kier molecular flexibility index (Phi) is 8.81. The van der Waals surface area contributed by atoms with Crippen LogP contribution in [0.5, 0.6) is 0 Å². The van der Waals surface area contributed by atoms with Gasteiger partial charge in [0.1, 0.15) is 11.2 Å². The molecule has 8 nitrogen and oxygen atoms in total. The molecule has 2 amide bonds. The first kappa shape index (κ1) is 20.5. The van der Waals surface area contributed by atoms with Crippen molar-refractivity contribution in [2.45, 2.75) is 52.7 Å². The molecule has 0 saturated carbocycles. The van der Waals surface area contributed by atoms with Crippen LogP contribution in [0.15, 0.2) is 0 Å². The molecule has 0 saturated heterocycles. The van der Waals surface area contributed by atoms with Crippen LogP contribution in [-0.4, -0.2) is 49.6 Å². The molecule has 8 heteroatoms. The summed E-state index contributed by atoms with van der Waals surface area (Å²) < 4.78 is 10.2. The van der Waals surface area contributed by atoms with Crippen LogP contribution in [0.2, 0.25) is 0 Å². The Morgan fingerprint density at radius 3 is 1.27 bits per heavy atom. The highest BCUT2D eigenvalue weighted by Crippen LogP contribution is 2.06. The van der Waals surface area contributed by atoms with Gasteiger partial charge in [-0.05, 0) is 41.5 Å². The number of carbonyl (C=O) groups is 2.